The lowest BCUT2D eigenvalue weighted by atomic mass is 10.1. The molecule has 0 spiro atoms. The number of benzene rings is 3. The molecule has 0 aliphatic carbocycles. The Hall–Kier alpha value is -2.45. The van der Waals surface area contributed by atoms with Crippen LogP contribution in [0.1, 0.15) is 11.1 Å². The van der Waals surface area contributed by atoms with E-state index in [1.807, 2.05) is 36.4 Å². The van der Waals surface area contributed by atoms with Gasteiger partial charge in [0.05, 0.1) is 9.79 Å². The van der Waals surface area contributed by atoms with Crippen LogP contribution in [0.4, 0.5) is 0 Å². The molecule has 1 aliphatic heterocycles. The Morgan fingerprint density at radius 1 is 0.682 bits per heavy atom. The molecule has 3 aromatic carbocycles. The van der Waals surface area contributed by atoms with E-state index >= 15 is 0 Å². The molecule has 0 saturated heterocycles. The first-order valence-electron chi connectivity index (χ1n) is 7.21. The quantitative estimate of drug-likeness (QED) is 0.413. The fourth-order valence-electron chi connectivity index (χ4n) is 2.45. The smallest absolute Gasteiger partial charge is 0.148 e. The maximum absolute atomic E-state index is 6.12. The highest BCUT2D eigenvalue weighted by Crippen LogP contribution is 2.48. The molecule has 0 saturated carbocycles. The molecule has 0 bridgehead atoms. The van der Waals surface area contributed by atoms with E-state index < -0.39 is 0 Å². The van der Waals surface area contributed by atoms with Crippen molar-refractivity contribution < 1.29 is 4.74 Å². The van der Waals surface area contributed by atoms with Gasteiger partial charge in [-0.25, -0.2) is 0 Å². The second kappa shape index (κ2) is 5.74. The second-order valence-corrected chi connectivity index (χ2v) is 6.15. The Balaban J connectivity index is 1.71. The zero-order chi connectivity index (χ0) is 14.8. The van der Waals surface area contributed by atoms with E-state index in [0.717, 1.165) is 22.0 Å². The van der Waals surface area contributed by atoms with Crippen LogP contribution in [0.25, 0.3) is 12.2 Å². The van der Waals surface area contributed by atoms with Crippen molar-refractivity contribution in [3.05, 3.63) is 83.9 Å². The second-order valence-electron chi connectivity index (χ2n) is 5.07. The van der Waals surface area contributed by atoms with Gasteiger partial charge in [0.25, 0.3) is 0 Å². The first-order valence-corrected chi connectivity index (χ1v) is 8.03. The van der Waals surface area contributed by atoms with Crippen LogP contribution < -0.4 is 4.74 Å². The zero-order valence-electron chi connectivity index (χ0n) is 11.9. The van der Waals surface area contributed by atoms with E-state index in [2.05, 4.69) is 48.6 Å². The first kappa shape index (κ1) is 13.2. The summed E-state index contributed by atoms with van der Waals surface area (Å²) in [5.74, 6) is 1.87. The van der Waals surface area contributed by atoms with Crippen LogP contribution >= 0.6 is 11.8 Å². The van der Waals surface area contributed by atoms with E-state index in [1.54, 1.807) is 11.8 Å². The van der Waals surface area contributed by atoms with Gasteiger partial charge in [-0.3, -0.25) is 0 Å². The molecule has 0 unspecified atom stereocenters. The summed E-state index contributed by atoms with van der Waals surface area (Å²) >= 11 is 1.76. The Kier molecular flexibility index (Phi) is 3.45. The van der Waals surface area contributed by atoms with E-state index in [1.165, 1.54) is 10.5 Å². The van der Waals surface area contributed by atoms with Gasteiger partial charge in [-0.2, -0.15) is 0 Å². The molecule has 0 aromatic heterocycles. The minimum atomic E-state index is 0.931. The third-order valence-corrected chi connectivity index (χ3v) is 4.64. The van der Waals surface area contributed by atoms with Crippen molar-refractivity contribution in [2.75, 3.05) is 0 Å². The van der Waals surface area contributed by atoms with E-state index in [-0.39, 0.29) is 0 Å². The van der Waals surface area contributed by atoms with Gasteiger partial charge in [-0.15, -0.1) is 0 Å². The molecule has 1 heterocycles. The normalized spacial score (nSPS) is 12.5. The SMILES string of the molecule is C(=C\c1cccc2c1Oc1ccccc1S2)/c1ccccc1. The van der Waals surface area contributed by atoms with Gasteiger partial charge in [0.2, 0.25) is 0 Å². The molecule has 2 heteroatoms. The lowest BCUT2D eigenvalue weighted by molar-refractivity contribution is 0.453. The summed E-state index contributed by atoms with van der Waals surface area (Å²) in [6.45, 7) is 0. The van der Waals surface area contributed by atoms with Crippen LogP contribution in [-0.4, -0.2) is 0 Å². The Morgan fingerprint density at radius 3 is 2.36 bits per heavy atom. The summed E-state index contributed by atoms with van der Waals surface area (Å²) in [4.78, 5) is 2.33. The summed E-state index contributed by atoms with van der Waals surface area (Å²) < 4.78 is 6.12. The van der Waals surface area contributed by atoms with Crippen molar-refractivity contribution in [1.82, 2.24) is 0 Å². The molecule has 22 heavy (non-hydrogen) atoms. The fraction of sp³-hybridized carbons (Fsp3) is 0. The van der Waals surface area contributed by atoms with Crippen molar-refractivity contribution in [1.29, 1.82) is 0 Å². The third kappa shape index (κ3) is 2.53. The number of hydrogen-bond acceptors (Lipinski definition) is 2. The van der Waals surface area contributed by atoms with Gasteiger partial charge < -0.3 is 4.74 Å². The predicted octanol–water partition coefficient (Wildman–Crippen LogP) is 6.11. The maximum Gasteiger partial charge on any atom is 0.148 e. The first-order chi connectivity index (χ1) is 10.9. The number of fused-ring (bicyclic) bond motifs is 2. The van der Waals surface area contributed by atoms with Crippen molar-refractivity contribution >= 4 is 23.9 Å². The number of ether oxygens (including phenoxy) is 1. The zero-order valence-corrected chi connectivity index (χ0v) is 12.7. The highest BCUT2D eigenvalue weighted by molar-refractivity contribution is 7.99. The highest BCUT2D eigenvalue weighted by Gasteiger charge is 2.18. The molecule has 3 aromatic rings. The number of rotatable bonds is 2. The van der Waals surface area contributed by atoms with Crippen molar-refractivity contribution in [3.63, 3.8) is 0 Å². The Morgan fingerprint density at radius 2 is 1.45 bits per heavy atom. The minimum Gasteiger partial charge on any atom is -0.454 e. The summed E-state index contributed by atoms with van der Waals surface area (Å²) in [7, 11) is 0. The van der Waals surface area contributed by atoms with Crippen molar-refractivity contribution in [2.45, 2.75) is 9.79 Å². The van der Waals surface area contributed by atoms with E-state index in [9.17, 15) is 0 Å². The molecule has 0 fully saturated rings. The maximum atomic E-state index is 6.12. The summed E-state index contributed by atoms with van der Waals surface area (Å²) in [6, 6.07) is 24.7. The minimum absolute atomic E-state index is 0.931. The van der Waals surface area contributed by atoms with Crippen LogP contribution in [0, 0.1) is 0 Å². The Bertz CT molecular complexity index is 837. The fourth-order valence-corrected chi connectivity index (χ4v) is 3.44. The number of para-hydroxylation sites is 2. The van der Waals surface area contributed by atoms with E-state index in [4.69, 9.17) is 4.74 Å². The molecule has 1 aliphatic rings. The van der Waals surface area contributed by atoms with Gasteiger partial charge >= 0.3 is 0 Å². The molecule has 0 radical (unpaired) electrons. The van der Waals surface area contributed by atoms with Gasteiger partial charge in [-0.05, 0) is 23.8 Å². The average molecular weight is 302 g/mol. The third-order valence-electron chi connectivity index (χ3n) is 3.55. The van der Waals surface area contributed by atoms with Crippen molar-refractivity contribution in [2.24, 2.45) is 0 Å². The largest absolute Gasteiger partial charge is 0.454 e. The molecular weight excluding hydrogens is 288 g/mol. The topological polar surface area (TPSA) is 9.23 Å². The lowest BCUT2D eigenvalue weighted by Gasteiger charge is -2.20. The molecule has 1 nitrogen and oxygen atoms in total. The van der Waals surface area contributed by atoms with E-state index in [0.29, 0.717) is 0 Å². The van der Waals surface area contributed by atoms with Crippen LogP contribution in [0.2, 0.25) is 0 Å². The van der Waals surface area contributed by atoms with Gasteiger partial charge in [0, 0.05) is 5.56 Å². The van der Waals surface area contributed by atoms with Gasteiger partial charge in [-0.1, -0.05) is 78.5 Å². The monoisotopic (exact) mass is 302 g/mol. The molecule has 0 amide bonds. The molecule has 4 rings (SSSR count). The molecular formula is C20H14OS. The predicted molar refractivity (Wildman–Crippen MR) is 92.5 cm³/mol. The average Bonchev–Trinajstić information content (AvgIpc) is 2.59. The van der Waals surface area contributed by atoms with Gasteiger partial charge in [0.1, 0.15) is 11.5 Å². The lowest BCUT2D eigenvalue weighted by Crippen LogP contribution is -1.96. The molecule has 0 atom stereocenters. The van der Waals surface area contributed by atoms with Crippen LogP contribution in [0.15, 0.2) is 82.6 Å². The summed E-state index contributed by atoms with van der Waals surface area (Å²) in [6.07, 6.45) is 4.23. The van der Waals surface area contributed by atoms with Gasteiger partial charge in [0.15, 0.2) is 0 Å². The standard InChI is InChI=1S/C20H14OS/c1-2-7-15(8-3-1)13-14-16-9-6-12-19-20(16)21-17-10-4-5-11-18(17)22-19/h1-14H/b14-13+. The Labute approximate surface area is 134 Å². The summed E-state index contributed by atoms with van der Waals surface area (Å²) in [5, 5.41) is 0. The summed E-state index contributed by atoms with van der Waals surface area (Å²) in [5.41, 5.74) is 2.28. The van der Waals surface area contributed by atoms with Crippen LogP contribution in [-0.2, 0) is 0 Å². The number of hydrogen-bond donors (Lipinski definition) is 0. The van der Waals surface area contributed by atoms with Crippen LogP contribution in [0.5, 0.6) is 11.5 Å². The highest BCUT2D eigenvalue weighted by atomic mass is 32.2. The molecule has 0 N–H and O–H groups in total. The van der Waals surface area contributed by atoms with Crippen molar-refractivity contribution in [3.8, 4) is 11.5 Å². The van der Waals surface area contributed by atoms with Crippen LogP contribution in [0.3, 0.4) is 0 Å². The molecule has 106 valence electrons.